The van der Waals surface area contributed by atoms with Crippen LogP contribution in [0.4, 0.5) is 0 Å². The number of rotatable bonds is 5. The first-order valence-corrected chi connectivity index (χ1v) is 8.86. The predicted octanol–water partition coefficient (Wildman–Crippen LogP) is 4.97. The van der Waals surface area contributed by atoms with Gasteiger partial charge in [-0.3, -0.25) is 0 Å². The minimum absolute atomic E-state index is 0.617. The summed E-state index contributed by atoms with van der Waals surface area (Å²) in [5.41, 5.74) is 0.976. The topological polar surface area (TPSA) is 56.2 Å². The lowest BCUT2D eigenvalue weighted by Crippen LogP contribution is -1.96. The summed E-state index contributed by atoms with van der Waals surface area (Å²) in [6.07, 6.45) is 1.64. The Bertz CT molecular complexity index is 888. The van der Waals surface area contributed by atoms with Gasteiger partial charge in [-0.15, -0.1) is 10.2 Å². The third-order valence-corrected chi connectivity index (χ3v) is 4.76. The highest BCUT2D eigenvalue weighted by atomic mass is 35.5. The van der Waals surface area contributed by atoms with E-state index in [-0.39, 0.29) is 0 Å². The molecule has 124 valence electrons. The largest absolute Gasteiger partial charge is 0.460 e. The SMILES string of the molecule is Cc1ccc(/C=N/n2c(C)nnc2SCc2ccc(Cl)cc2Cl)o1. The lowest BCUT2D eigenvalue weighted by molar-refractivity contribution is 0.527. The normalized spacial score (nSPS) is 11.5. The highest BCUT2D eigenvalue weighted by Crippen LogP contribution is 2.28. The first-order valence-electron chi connectivity index (χ1n) is 7.12. The highest BCUT2D eigenvalue weighted by molar-refractivity contribution is 7.98. The Hall–Kier alpha value is -1.76. The first kappa shape index (κ1) is 17.1. The van der Waals surface area contributed by atoms with Crippen LogP contribution >= 0.6 is 35.0 Å². The number of hydrogen-bond acceptors (Lipinski definition) is 5. The van der Waals surface area contributed by atoms with E-state index in [4.69, 9.17) is 27.6 Å². The van der Waals surface area contributed by atoms with Crippen molar-refractivity contribution in [3.63, 3.8) is 0 Å². The second-order valence-electron chi connectivity index (χ2n) is 5.06. The standard InChI is InChI=1S/C16H14Cl2N4OS/c1-10-3-6-14(23-10)8-19-22-11(2)20-21-16(22)24-9-12-4-5-13(17)7-15(12)18/h3-8H,9H2,1-2H3/b19-8+. The Balaban J connectivity index is 1.76. The lowest BCUT2D eigenvalue weighted by Gasteiger charge is -2.04. The maximum Gasteiger partial charge on any atom is 0.212 e. The van der Waals surface area contributed by atoms with Gasteiger partial charge >= 0.3 is 0 Å². The van der Waals surface area contributed by atoms with Crippen molar-refractivity contribution in [3.05, 3.63) is 63.3 Å². The molecule has 2 heterocycles. The van der Waals surface area contributed by atoms with Crippen molar-refractivity contribution >= 4 is 41.2 Å². The number of nitrogens with zero attached hydrogens (tertiary/aromatic N) is 4. The number of aromatic nitrogens is 3. The highest BCUT2D eigenvalue weighted by Gasteiger charge is 2.10. The zero-order valence-electron chi connectivity index (χ0n) is 13.0. The van der Waals surface area contributed by atoms with Crippen LogP contribution < -0.4 is 0 Å². The van der Waals surface area contributed by atoms with E-state index in [1.807, 2.05) is 38.1 Å². The van der Waals surface area contributed by atoms with Gasteiger partial charge in [-0.25, -0.2) is 0 Å². The Labute approximate surface area is 153 Å². The van der Waals surface area contributed by atoms with Crippen molar-refractivity contribution in [2.45, 2.75) is 24.8 Å². The Kier molecular flexibility index (Phi) is 5.28. The minimum atomic E-state index is 0.617. The molecule has 0 aliphatic rings. The van der Waals surface area contributed by atoms with Crippen LogP contribution in [0.15, 0.2) is 45.0 Å². The van der Waals surface area contributed by atoms with Crippen molar-refractivity contribution in [1.82, 2.24) is 14.9 Å². The van der Waals surface area contributed by atoms with Gasteiger partial charge in [-0.1, -0.05) is 41.0 Å². The van der Waals surface area contributed by atoms with Gasteiger partial charge < -0.3 is 4.42 Å². The average molecular weight is 381 g/mol. The molecule has 0 atom stereocenters. The van der Waals surface area contributed by atoms with Gasteiger partial charge in [0.25, 0.3) is 0 Å². The van der Waals surface area contributed by atoms with Gasteiger partial charge in [-0.05, 0) is 43.7 Å². The molecule has 3 aromatic rings. The number of aryl methyl sites for hydroxylation is 2. The van der Waals surface area contributed by atoms with Crippen molar-refractivity contribution in [2.75, 3.05) is 0 Å². The van der Waals surface area contributed by atoms with Crippen molar-refractivity contribution in [1.29, 1.82) is 0 Å². The quantitative estimate of drug-likeness (QED) is 0.463. The molecule has 0 radical (unpaired) electrons. The number of hydrogen-bond donors (Lipinski definition) is 0. The van der Waals surface area contributed by atoms with Gasteiger partial charge in [0.05, 0.1) is 6.21 Å². The third kappa shape index (κ3) is 4.01. The molecule has 5 nitrogen and oxygen atoms in total. The zero-order valence-corrected chi connectivity index (χ0v) is 15.4. The number of halogens is 2. The smallest absolute Gasteiger partial charge is 0.212 e. The predicted molar refractivity (Wildman–Crippen MR) is 97.2 cm³/mol. The summed E-state index contributed by atoms with van der Waals surface area (Å²) in [6.45, 7) is 3.73. The van der Waals surface area contributed by atoms with Gasteiger partial charge in [0.1, 0.15) is 11.5 Å². The van der Waals surface area contributed by atoms with Gasteiger partial charge in [0, 0.05) is 15.8 Å². The second-order valence-corrected chi connectivity index (χ2v) is 6.85. The lowest BCUT2D eigenvalue weighted by atomic mass is 10.2. The van der Waals surface area contributed by atoms with Crippen LogP contribution in [-0.4, -0.2) is 21.1 Å². The van der Waals surface area contributed by atoms with E-state index in [0.717, 1.165) is 11.3 Å². The van der Waals surface area contributed by atoms with Crippen LogP contribution in [-0.2, 0) is 5.75 Å². The molecule has 0 unspecified atom stereocenters. The summed E-state index contributed by atoms with van der Waals surface area (Å²) in [5.74, 6) is 2.85. The molecule has 24 heavy (non-hydrogen) atoms. The monoisotopic (exact) mass is 380 g/mol. The van der Waals surface area contributed by atoms with E-state index >= 15 is 0 Å². The molecule has 0 saturated heterocycles. The molecule has 0 spiro atoms. The van der Waals surface area contributed by atoms with E-state index in [0.29, 0.717) is 32.5 Å². The molecule has 0 N–H and O–H groups in total. The number of furan rings is 1. The van der Waals surface area contributed by atoms with Crippen LogP contribution in [0.25, 0.3) is 0 Å². The van der Waals surface area contributed by atoms with Crippen molar-refractivity contribution < 1.29 is 4.42 Å². The summed E-state index contributed by atoms with van der Waals surface area (Å²) in [7, 11) is 0. The van der Waals surface area contributed by atoms with Crippen LogP contribution in [0.2, 0.25) is 10.0 Å². The van der Waals surface area contributed by atoms with Crippen LogP contribution in [0.1, 0.15) is 22.9 Å². The molecule has 1 aromatic carbocycles. The summed E-state index contributed by atoms with van der Waals surface area (Å²) in [4.78, 5) is 0. The molecule has 3 rings (SSSR count). The first-order chi connectivity index (χ1) is 11.5. The van der Waals surface area contributed by atoms with Crippen LogP contribution in [0, 0.1) is 13.8 Å². The summed E-state index contributed by atoms with van der Waals surface area (Å²) < 4.78 is 7.15. The Morgan fingerprint density at radius 1 is 1.21 bits per heavy atom. The molecule has 0 aliphatic carbocycles. The molecular weight excluding hydrogens is 367 g/mol. The summed E-state index contributed by atoms with van der Waals surface area (Å²) in [6, 6.07) is 9.20. The molecule has 2 aromatic heterocycles. The van der Waals surface area contributed by atoms with Crippen molar-refractivity contribution in [2.24, 2.45) is 5.10 Å². The second kappa shape index (κ2) is 7.42. The Morgan fingerprint density at radius 3 is 2.75 bits per heavy atom. The van der Waals surface area contributed by atoms with Crippen molar-refractivity contribution in [3.8, 4) is 0 Å². The van der Waals surface area contributed by atoms with Gasteiger partial charge in [-0.2, -0.15) is 9.78 Å². The molecule has 0 saturated carbocycles. The number of benzene rings is 1. The fraction of sp³-hybridized carbons (Fsp3) is 0.188. The molecular formula is C16H14Cl2N4OS. The van der Waals surface area contributed by atoms with E-state index in [9.17, 15) is 0 Å². The Morgan fingerprint density at radius 2 is 2.04 bits per heavy atom. The van der Waals surface area contributed by atoms with E-state index in [1.54, 1.807) is 17.0 Å². The molecule has 0 fully saturated rings. The zero-order chi connectivity index (χ0) is 17.1. The number of thioether (sulfide) groups is 1. The van der Waals surface area contributed by atoms with Gasteiger partial charge in [0.15, 0.2) is 5.82 Å². The van der Waals surface area contributed by atoms with E-state index in [1.165, 1.54) is 11.8 Å². The third-order valence-electron chi connectivity index (χ3n) is 3.20. The minimum Gasteiger partial charge on any atom is -0.460 e. The maximum atomic E-state index is 6.20. The molecule has 0 aliphatic heterocycles. The summed E-state index contributed by atoms with van der Waals surface area (Å²) in [5, 5.41) is 14.6. The fourth-order valence-corrected chi connectivity index (χ4v) is 3.47. The molecule has 0 amide bonds. The summed E-state index contributed by atoms with van der Waals surface area (Å²) >= 11 is 13.6. The van der Waals surface area contributed by atoms with E-state index < -0.39 is 0 Å². The average Bonchev–Trinajstić information content (AvgIpc) is 3.10. The van der Waals surface area contributed by atoms with Gasteiger partial charge in [0.2, 0.25) is 5.16 Å². The molecule has 0 bridgehead atoms. The van der Waals surface area contributed by atoms with Crippen LogP contribution in [0.3, 0.4) is 0 Å². The molecule has 8 heteroatoms. The fourth-order valence-electron chi connectivity index (χ4n) is 1.98. The van der Waals surface area contributed by atoms with E-state index in [2.05, 4.69) is 15.3 Å². The maximum absolute atomic E-state index is 6.20. The van der Waals surface area contributed by atoms with Crippen LogP contribution in [0.5, 0.6) is 0 Å².